The SMILES string of the molecule is NC(=S)C(O)C(=O)O. The first-order chi connectivity index (χ1) is 3.55. The summed E-state index contributed by atoms with van der Waals surface area (Å²) in [5.74, 6) is -1.42. The molecule has 0 aromatic carbocycles. The lowest BCUT2D eigenvalue weighted by Gasteiger charge is -1.98. The number of hydrogen-bond donors (Lipinski definition) is 3. The molecule has 8 heavy (non-hydrogen) atoms. The Hall–Kier alpha value is -0.680. The Bertz CT molecular complexity index is 110. The molecule has 4 N–H and O–H groups in total. The second kappa shape index (κ2) is 2.58. The van der Waals surface area contributed by atoms with Crippen LogP contribution in [0.3, 0.4) is 0 Å². The van der Waals surface area contributed by atoms with Crippen LogP contribution in [-0.4, -0.2) is 27.3 Å². The zero-order valence-corrected chi connectivity index (χ0v) is 4.68. The van der Waals surface area contributed by atoms with Gasteiger partial charge in [0.25, 0.3) is 0 Å². The van der Waals surface area contributed by atoms with Gasteiger partial charge in [-0.15, -0.1) is 0 Å². The first-order valence-electron chi connectivity index (χ1n) is 1.76. The van der Waals surface area contributed by atoms with E-state index in [2.05, 4.69) is 12.2 Å². The van der Waals surface area contributed by atoms with Crippen molar-refractivity contribution in [3.8, 4) is 0 Å². The van der Waals surface area contributed by atoms with Crippen molar-refractivity contribution in [3.05, 3.63) is 0 Å². The summed E-state index contributed by atoms with van der Waals surface area (Å²) in [5.41, 5.74) is 4.74. The highest BCUT2D eigenvalue weighted by Gasteiger charge is 2.14. The summed E-state index contributed by atoms with van der Waals surface area (Å²) in [4.78, 5) is 9.30. The summed E-state index contributed by atoms with van der Waals surface area (Å²) in [5, 5.41) is 16.3. The molecule has 5 heteroatoms. The zero-order chi connectivity index (χ0) is 6.73. The molecule has 0 amide bonds. The van der Waals surface area contributed by atoms with Gasteiger partial charge in [0.15, 0.2) is 0 Å². The van der Waals surface area contributed by atoms with E-state index in [4.69, 9.17) is 15.9 Å². The summed E-state index contributed by atoms with van der Waals surface area (Å²) < 4.78 is 0. The van der Waals surface area contributed by atoms with Gasteiger partial charge in [0, 0.05) is 0 Å². The molecule has 1 unspecified atom stereocenters. The van der Waals surface area contributed by atoms with Gasteiger partial charge in [-0.2, -0.15) is 0 Å². The number of aliphatic hydroxyl groups is 1. The summed E-state index contributed by atoms with van der Waals surface area (Å²) in [6, 6.07) is 0. The van der Waals surface area contributed by atoms with E-state index in [9.17, 15) is 4.79 Å². The number of aliphatic hydroxyl groups excluding tert-OH is 1. The predicted octanol–water partition coefficient (Wildman–Crippen LogP) is -1.28. The molecule has 0 aromatic rings. The molecule has 0 heterocycles. The monoisotopic (exact) mass is 135 g/mol. The molecule has 0 bridgehead atoms. The normalized spacial score (nSPS) is 12.6. The Morgan fingerprint density at radius 3 is 2.12 bits per heavy atom. The van der Waals surface area contributed by atoms with Crippen molar-refractivity contribution in [1.82, 2.24) is 0 Å². The molecular weight excluding hydrogens is 130 g/mol. The van der Waals surface area contributed by atoms with E-state index in [1.807, 2.05) is 0 Å². The van der Waals surface area contributed by atoms with Crippen LogP contribution >= 0.6 is 12.2 Å². The van der Waals surface area contributed by atoms with E-state index in [1.54, 1.807) is 0 Å². The molecular formula is C3H5NO3S. The Labute approximate surface area is 50.9 Å². The molecule has 4 nitrogen and oxygen atoms in total. The second-order valence-corrected chi connectivity index (χ2v) is 1.61. The van der Waals surface area contributed by atoms with Gasteiger partial charge in [-0.1, -0.05) is 12.2 Å². The van der Waals surface area contributed by atoms with Crippen LogP contribution in [0.2, 0.25) is 0 Å². The van der Waals surface area contributed by atoms with Crippen LogP contribution in [0.5, 0.6) is 0 Å². The van der Waals surface area contributed by atoms with Crippen LogP contribution < -0.4 is 5.73 Å². The van der Waals surface area contributed by atoms with Gasteiger partial charge < -0.3 is 15.9 Å². The van der Waals surface area contributed by atoms with Crippen molar-refractivity contribution in [2.75, 3.05) is 0 Å². The molecule has 0 fully saturated rings. The van der Waals surface area contributed by atoms with Crippen LogP contribution in [0.4, 0.5) is 0 Å². The third-order valence-electron chi connectivity index (χ3n) is 0.503. The number of thiocarbonyl (C=S) groups is 1. The van der Waals surface area contributed by atoms with Crippen molar-refractivity contribution >= 4 is 23.2 Å². The molecule has 0 spiro atoms. The minimum atomic E-state index is -1.70. The first-order valence-corrected chi connectivity index (χ1v) is 2.16. The summed E-state index contributed by atoms with van der Waals surface area (Å²) in [6.07, 6.45) is -1.70. The van der Waals surface area contributed by atoms with Crippen molar-refractivity contribution < 1.29 is 15.0 Å². The van der Waals surface area contributed by atoms with Crippen LogP contribution in [-0.2, 0) is 4.79 Å². The Kier molecular flexibility index (Phi) is 2.36. The minimum absolute atomic E-state index is 0.419. The van der Waals surface area contributed by atoms with Gasteiger partial charge >= 0.3 is 5.97 Å². The Morgan fingerprint density at radius 2 is 2.12 bits per heavy atom. The lowest BCUT2D eigenvalue weighted by atomic mass is 10.4. The smallest absolute Gasteiger partial charge is 0.339 e. The number of hydrogen-bond acceptors (Lipinski definition) is 3. The number of carboxylic acid groups (broad SMARTS) is 1. The molecule has 0 rings (SSSR count). The lowest BCUT2D eigenvalue weighted by Crippen LogP contribution is -2.33. The molecule has 1 atom stereocenters. The number of nitrogens with two attached hydrogens (primary N) is 1. The molecule has 0 saturated carbocycles. The third-order valence-corrected chi connectivity index (χ3v) is 0.727. The fourth-order valence-corrected chi connectivity index (χ4v) is 0.223. The van der Waals surface area contributed by atoms with Crippen molar-refractivity contribution in [2.45, 2.75) is 6.10 Å². The van der Waals surface area contributed by atoms with Gasteiger partial charge in [0.2, 0.25) is 6.10 Å². The van der Waals surface area contributed by atoms with E-state index in [1.165, 1.54) is 0 Å². The minimum Gasteiger partial charge on any atom is -0.479 e. The average molecular weight is 135 g/mol. The molecule has 0 aromatic heterocycles. The lowest BCUT2D eigenvalue weighted by molar-refractivity contribution is -0.142. The van der Waals surface area contributed by atoms with Crippen LogP contribution in [0.1, 0.15) is 0 Å². The van der Waals surface area contributed by atoms with Gasteiger partial charge in [0.1, 0.15) is 4.99 Å². The predicted molar refractivity (Wildman–Crippen MR) is 30.4 cm³/mol. The quantitative estimate of drug-likeness (QED) is 0.411. The van der Waals surface area contributed by atoms with Gasteiger partial charge in [-0.3, -0.25) is 0 Å². The molecule has 0 radical (unpaired) electrons. The van der Waals surface area contributed by atoms with Crippen LogP contribution in [0.15, 0.2) is 0 Å². The van der Waals surface area contributed by atoms with E-state index in [0.29, 0.717) is 0 Å². The first kappa shape index (κ1) is 7.32. The molecule has 0 saturated heterocycles. The summed E-state index contributed by atoms with van der Waals surface area (Å²) in [7, 11) is 0. The molecule has 46 valence electrons. The fraction of sp³-hybridized carbons (Fsp3) is 0.333. The highest BCUT2D eigenvalue weighted by atomic mass is 32.1. The van der Waals surface area contributed by atoms with E-state index >= 15 is 0 Å². The Balaban J connectivity index is 3.83. The van der Waals surface area contributed by atoms with E-state index in [0.717, 1.165) is 0 Å². The van der Waals surface area contributed by atoms with Crippen LogP contribution in [0, 0.1) is 0 Å². The van der Waals surface area contributed by atoms with Gasteiger partial charge in [-0.05, 0) is 0 Å². The number of carbonyl (C=O) groups is 1. The van der Waals surface area contributed by atoms with E-state index in [-0.39, 0.29) is 0 Å². The molecule has 0 aliphatic carbocycles. The second-order valence-electron chi connectivity index (χ2n) is 1.14. The fourth-order valence-electron chi connectivity index (χ4n) is 0.122. The molecule has 0 aliphatic heterocycles. The zero-order valence-electron chi connectivity index (χ0n) is 3.87. The number of aliphatic carboxylic acids is 1. The number of carboxylic acids is 1. The van der Waals surface area contributed by atoms with Crippen LogP contribution in [0.25, 0.3) is 0 Å². The standard InChI is InChI=1S/C3H5NO3S/c4-2(8)1(5)3(6)7/h1,5H,(H2,4,8)(H,6,7). The maximum Gasteiger partial charge on any atom is 0.339 e. The summed E-state index contributed by atoms with van der Waals surface area (Å²) in [6.45, 7) is 0. The van der Waals surface area contributed by atoms with Crippen molar-refractivity contribution in [3.63, 3.8) is 0 Å². The third kappa shape index (κ3) is 1.85. The van der Waals surface area contributed by atoms with Crippen molar-refractivity contribution in [2.24, 2.45) is 5.73 Å². The van der Waals surface area contributed by atoms with E-state index < -0.39 is 17.1 Å². The maximum atomic E-state index is 9.72. The van der Waals surface area contributed by atoms with Crippen molar-refractivity contribution in [1.29, 1.82) is 0 Å². The van der Waals surface area contributed by atoms with Gasteiger partial charge in [-0.25, -0.2) is 4.79 Å². The highest BCUT2D eigenvalue weighted by Crippen LogP contribution is 1.80. The topological polar surface area (TPSA) is 83.5 Å². The molecule has 0 aliphatic rings. The Morgan fingerprint density at radius 1 is 1.75 bits per heavy atom. The number of rotatable bonds is 2. The maximum absolute atomic E-state index is 9.72. The summed E-state index contributed by atoms with van der Waals surface area (Å²) >= 11 is 4.14. The highest BCUT2D eigenvalue weighted by molar-refractivity contribution is 7.80. The largest absolute Gasteiger partial charge is 0.479 e. The average Bonchev–Trinajstić information content (AvgIpc) is 1.64. The van der Waals surface area contributed by atoms with Gasteiger partial charge in [0.05, 0.1) is 0 Å².